The zero-order chi connectivity index (χ0) is 17.6. The molecule has 0 aromatic carbocycles. The van der Waals surface area contributed by atoms with Crippen LogP contribution in [0.2, 0.25) is 0 Å². The van der Waals surface area contributed by atoms with E-state index in [-0.39, 0.29) is 5.56 Å². The molecule has 7 nitrogen and oxygen atoms in total. The number of likely N-dealkylation sites (tertiary alicyclic amines) is 1. The monoisotopic (exact) mass is 342 g/mol. The fourth-order valence-electron chi connectivity index (χ4n) is 3.24. The molecule has 2 aromatic heterocycles. The number of nitrogens with one attached hydrogen (secondary N) is 1. The SMILES string of the molecule is Cc1ccc(NCC2CCCCN2CCn2nc(C)ccc2=O)nn1. The third kappa shape index (κ3) is 4.85. The summed E-state index contributed by atoms with van der Waals surface area (Å²) in [6.07, 6.45) is 3.60. The summed E-state index contributed by atoms with van der Waals surface area (Å²) in [5.41, 5.74) is 1.75. The van der Waals surface area contributed by atoms with Gasteiger partial charge in [-0.05, 0) is 51.4 Å². The first-order valence-corrected chi connectivity index (χ1v) is 8.95. The van der Waals surface area contributed by atoms with Crippen LogP contribution in [0.1, 0.15) is 30.7 Å². The number of piperidine rings is 1. The molecule has 0 radical (unpaired) electrons. The standard InChI is InChI=1S/C18H26N6O/c1-14-6-8-17(21-20-14)19-13-16-5-3-4-10-23(16)11-12-24-18(25)9-7-15(2)22-24/h6-9,16H,3-5,10-13H2,1-2H3,(H,19,21). The van der Waals surface area contributed by atoms with Gasteiger partial charge in [-0.1, -0.05) is 6.42 Å². The lowest BCUT2D eigenvalue weighted by Gasteiger charge is -2.35. The first-order chi connectivity index (χ1) is 12.1. The summed E-state index contributed by atoms with van der Waals surface area (Å²) in [6, 6.07) is 7.72. The Balaban J connectivity index is 1.57. The van der Waals surface area contributed by atoms with Gasteiger partial charge in [0.1, 0.15) is 5.82 Å². The quantitative estimate of drug-likeness (QED) is 0.860. The zero-order valence-electron chi connectivity index (χ0n) is 15.0. The Morgan fingerprint density at radius 2 is 1.92 bits per heavy atom. The van der Waals surface area contributed by atoms with E-state index in [1.54, 1.807) is 16.8 Å². The molecule has 7 heteroatoms. The Morgan fingerprint density at radius 1 is 1.08 bits per heavy atom. The minimum atomic E-state index is -0.0350. The second-order valence-corrected chi connectivity index (χ2v) is 6.66. The normalized spacial score (nSPS) is 18.2. The van der Waals surface area contributed by atoms with Gasteiger partial charge in [0.2, 0.25) is 0 Å². The fraction of sp³-hybridized carbons (Fsp3) is 0.556. The average Bonchev–Trinajstić information content (AvgIpc) is 2.63. The number of rotatable bonds is 6. The van der Waals surface area contributed by atoms with Crippen molar-refractivity contribution in [3.63, 3.8) is 0 Å². The van der Waals surface area contributed by atoms with Gasteiger partial charge in [-0.25, -0.2) is 4.68 Å². The van der Waals surface area contributed by atoms with E-state index in [0.717, 1.165) is 43.3 Å². The largest absolute Gasteiger partial charge is 0.367 e. The Labute approximate surface area is 148 Å². The van der Waals surface area contributed by atoms with Crippen molar-refractivity contribution >= 4 is 5.82 Å². The van der Waals surface area contributed by atoms with Gasteiger partial charge >= 0.3 is 0 Å². The van der Waals surface area contributed by atoms with E-state index in [4.69, 9.17) is 0 Å². The van der Waals surface area contributed by atoms with Crippen LogP contribution in [0.15, 0.2) is 29.1 Å². The Morgan fingerprint density at radius 3 is 2.72 bits per heavy atom. The molecule has 25 heavy (non-hydrogen) atoms. The molecule has 3 rings (SSSR count). The molecule has 0 bridgehead atoms. The van der Waals surface area contributed by atoms with Gasteiger partial charge in [0, 0.05) is 25.2 Å². The molecule has 0 spiro atoms. The maximum atomic E-state index is 11.9. The van der Waals surface area contributed by atoms with Crippen molar-refractivity contribution in [1.29, 1.82) is 0 Å². The van der Waals surface area contributed by atoms with Crippen molar-refractivity contribution in [3.05, 3.63) is 46.0 Å². The van der Waals surface area contributed by atoms with Crippen LogP contribution in [0.25, 0.3) is 0 Å². The summed E-state index contributed by atoms with van der Waals surface area (Å²) >= 11 is 0. The smallest absolute Gasteiger partial charge is 0.266 e. The summed E-state index contributed by atoms with van der Waals surface area (Å²) in [7, 11) is 0. The van der Waals surface area contributed by atoms with Crippen molar-refractivity contribution in [1.82, 2.24) is 24.9 Å². The van der Waals surface area contributed by atoms with Gasteiger partial charge in [0.15, 0.2) is 0 Å². The molecule has 1 atom stereocenters. The predicted octanol–water partition coefficient (Wildman–Crippen LogP) is 1.62. The molecule has 3 heterocycles. The van der Waals surface area contributed by atoms with Crippen LogP contribution in [0.3, 0.4) is 0 Å². The molecule has 1 aliphatic rings. The van der Waals surface area contributed by atoms with Gasteiger partial charge in [-0.2, -0.15) is 10.2 Å². The van der Waals surface area contributed by atoms with E-state index in [9.17, 15) is 4.79 Å². The lowest BCUT2D eigenvalue weighted by molar-refractivity contribution is 0.148. The molecule has 0 saturated carbocycles. The van der Waals surface area contributed by atoms with Crippen molar-refractivity contribution in [2.24, 2.45) is 0 Å². The van der Waals surface area contributed by atoms with E-state index in [1.807, 2.05) is 26.0 Å². The molecule has 1 aliphatic heterocycles. The number of hydrogen-bond donors (Lipinski definition) is 1. The molecule has 1 saturated heterocycles. The van der Waals surface area contributed by atoms with Gasteiger partial charge < -0.3 is 5.32 Å². The minimum Gasteiger partial charge on any atom is -0.367 e. The topological polar surface area (TPSA) is 75.9 Å². The van der Waals surface area contributed by atoms with Crippen molar-refractivity contribution in [2.75, 3.05) is 25.0 Å². The summed E-state index contributed by atoms with van der Waals surface area (Å²) in [6.45, 7) is 7.21. The minimum absolute atomic E-state index is 0.0350. The fourth-order valence-corrected chi connectivity index (χ4v) is 3.24. The number of nitrogens with zero attached hydrogens (tertiary/aromatic N) is 5. The third-order valence-corrected chi connectivity index (χ3v) is 4.66. The summed E-state index contributed by atoms with van der Waals surface area (Å²) in [5, 5.41) is 16.0. The van der Waals surface area contributed by atoms with Crippen molar-refractivity contribution < 1.29 is 0 Å². The molecular weight excluding hydrogens is 316 g/mol. The first-order valence-electron chi connectivity index (χ1n) is 8.95. The van der Waals surface area contributed by atoms with Gasteiger partial charge in [0.05, 0.1) is 17.9 Å². The average molecular weight is 342 g/mol. The maximum Gasteiger partial charge on any atom is 0.266 e. The van der Waals surface area contributed by atoms with Crippen LogP contribution in [-0.4, -0.2) is 50.6 Å². The highest BCUT2D eigenvalue weighted by molar-refractivity contribution is 5.32. The van der Waals surface area contributed by atoms with Crippen LogP contribution >= 0.6 is 0 Å². The summed E-state index contributed by atoms with van der Waals surface area (Å²) < 4.78 is 1.57. The van der Waals surface area contributed by atoms with Crippen molar-refractivity contribution in [3.8, 4) is 0 Å². The van der Waals surface area contributed by atoms with E-state index < -0.39 is 0 Å². The lowest BCUT2D eigenvalue weighted by atomic mass is 10.0. The molecular formula is C18H26N6O. The Kier molecular flexibility index (Phi) is 5.75. The summed E-state index contributed by atoms with van der Waals surface area (Å²) in [4.78, 5) is 14.4. The highest BCUT2D eigenvalue weighted by Gasteiger charge is 2.22. The molecule has 0 amide bonds. The van der Waals surface area contributed by atoms with E-state index >= 15 is 0 Å². The van der Waals surface area contributed by atoms with Crippen LogP contribution < -0.4 is 10.9 Å². The zero-order valence-corrected chi connectivity index (χ0v) is 15.0. The lowest BCUT2D eigenvalue weighted by Crippen LogP contribution is -2.45. The third-order valence-electron chi connectivity index (χ3n) is 4.66. The molecule has 0 aliphatic carbocycles. The second kappa shape index (κ2) is 8.20. The van der Waals surface area contributed by atoms with Crippen LogP contribution in [0.4, 0.5) is 5.82 Å². The van der Waals surface area contributed by atoms with Crippen LogP contribution in [0.5, 0.6) is 0 Å². The van der Waals surface area contributed by atoms with Gasteiger partial charge in [0.25, 0.3) is 5.56 Å². The van der Waals surface area contributed by atoms with Crippen LogP contribution in [-0.2, 0) is 6.54 Å². The number of aryl methyl sites for hydroxylation is 2. The Bertz CT molecular complexity index is 742. The highest BCUT2D eigenvalue weighted by Crippen LogP contribution is 2.17. The number of anilines is 1. The predicted molar refractivity (Wildman–Crippen MR) is 97.7 cm³/mol. The first kappa shape index (κ1) is 17.5. The molecule has 1 N–H and O–H groups in total. The maximum absolute atomic E-state index is 11.9. The van der Waals surface area contributed by atoms with E-state index in [1.165, 1.54) is 12.8 Å². The number of hydrogen-bond acceptors (Lipinski definition) is 6. The summed E-state index contributed by atoms with van der Waals surface area (Å²) in [5.74, 6) is 0.813. The number of aromatic nitrogens is 4. The second-order valence-electron chi connectivity index (χ2n) is 6.66. The van der Waals surface area contributed by atoms with Gasteiger partial charge in [-0.3, -0.25) is 9.69 Å². The molecule has 134 valence electrons. The Hall–Kier alpha value is -2.28. The van der Waals surface area contributed by atoms with Crippen LogP contribution in [0, 0.1) is 13.8 Å². The van der Waals surface area contributed by atoms with Crippen molar-refractivity contribution in [2.45, 2.75) is 45.7 Å². The molecule has 2 aromatic rings. The van der Waals surface area contributed by atoms with Gasteiger partial charge in [-0.15, -0.1) is 5.10 Å². The van der Waals surface area contributed by atoms with E-state index in [0.29, 0.717) is 12.6 Å². The highest BCUT2D eigenvalue weighted by atomic mass is 16.1. The van der Waals surface area contributed by atoms with E-state index in [2.05, 4.69) is 25.5 Å². The molecule has 1 fully saturated rings. The molecule has 1 unspecified atom stereocenters.